The van der Waals surface area contributed by atoms with Crippen LogP contribution < -0.4 is 0 Å². The molecule has 0 N–H and O–H groups in total. The second kappa shape index (κ2) is 11.5. The molecule has 0 fully saturated rings. The Bertz CT molecular complexity index is 2190. The average Bonchev–Trinajstić information content (AvgIpc) is 3.79. The fourth-order valence-electron chi connectivity index (χ4n) is 5.90. The lowest BCUT2D eigenvalue weighted by atomic mass is 10.0. The number of fused-ring (bicyclic) bond motifs is 2. The van der Waals surface area contributed by atoms with E-state index in [1.165, 1.54) is 0 Å². The zero-order chi connectivity index (χ0) is 31.9. The topological polar surface area (TPSA) is 86.2 Å². The van der Waals surface area contributed by atoms with Gasteiger partial charge in [0.2, 0.25) is 0 Å². The molecule has 0 saturated carbocycles. The van der Waals surface area contributed by atoms with E-state index in [-0.39, 0.29) is 0 Å². The molecule has 8 nitrogen and oxygen atoms in total. The minimum atomic E-state index is 0.536. The van der Waals surface area contributed by atoms with Crippen LogP contribution in [0.5, 0.6) is 0 Å². The van der Waals surface area contributed by atoms with Gasteiger partial charge in [-0.25, -0.2) is 29.0 Å². The van der Waals surface area contributed by atoms with Gasteiger partial charge >= 0.3 is 0 Å². The van der Waals surface area contributed by atoms with Crippen LogP contribution in [0.1, 0.15) is 0 Å². The first-order chi connectivity index (χ1) is 23.8. The first kappa shape index (κ1) is 27.5. The quantitative estimate of drug-likeness (QED) is 0.186. The number of imidazole rings is 2. The average molecular weight is 619 g/mol. The van der Waals surface area contributed by atoms with Crippen LogP contribution in [0.4, 0.5) is 0 Å². The molecule has 4 aromatic heterocycles. The van der Waals surface area contributed by atoms with E-state index in [1.54, 1.807) is 9.03 Å². The first-order valence-electron chi connectivity index (χ1n) is 15.6. The number of nitrogens with zero attached hydrogens (tertiary/aromatic N) is 8. The Balaban J connectivity index is 1.08. The minimum absolute atomic E-state index is 0.536. The van der Waals surface area contributed by atoms with E-state index in [0.29, 0.717) is 11.6 Å². The molecule has 0 aliphatic heterocycles. The monoisotopic (exact) mass is 618 g/mol. The van der Waals surface area contributed by atoms with Crippen LogP contribution in [0, 0.1) is 0 Å². The molecule has 0 saturated heterocycles. The normalized spacial score (nSPS) is 11.3. The molecule has 0 amide bonds. The fourth-order valence-corrected chi connectivity index (χ4v) is 5.90. The van der Waals surface area contributed by atoms with Gasteiger partial charge in [0.05, 0.1) is 23.8 Å². The second-order valence-electron chi connectivity index (χ2n) is 11.4. The summed E-state index contributed by atoms with van der Waals surface area (Å²) in [4.78, 5) is 19.7. The number of rotatable bonds is 6. The summed E-state index contributed by atoms with van der Waals surface area (Å²) in [6, 6.07) is 48.6. The van der Waals surface area contributed by atoms with Crippen molar-refractivity contribution in [2.75, 3.05) is 0 Å². The van der Waals surface area contributed by atoms with Crippen molar-refractivity contribution in [3.63, 3.8) is 0 Å². The van der Waals surface area contributed by atoms with Gasteiger partial charge in [-0.05, 0) is 0 Å². The Morgan fingerprint density at radius 2 is 0.604 bits per heavy atom. The zero-order valence-electron chi connectivity index (χ0n) is 25.6. The lowest BCUT2D eigenvalue weighted by molar-refractivity contribution is 0.912. The third kappa shape index (κ3) is 4.98. The van der Waals surface area contributed by atoms with Gasteiger partial charge in [-0.1, -0.05) is 146 Å². The van der Waals surface area contributed by atoms with Gasteiger partial charge in [0.15, 0.2) is 0 Å². The molecule has 0 radical (unpaired) electrons. The molecular formula is C40H26N8. The molecular weight excluding hydrogens is 592 g/mol. The van der Waals surface area contributed by atoms with Gasteiger partial charge in [-0.2, -0.15) is 10.2 Å². The van der Waals surface area contributed by atoms with Crippen LogP contribution in [-0.2, 0) is 0 Å². The summed E-state index contributed by atoms with van der Waals surface area (Å²) in [5.41, 5.74) is 10.6. The lowest BCUT2D eigenvalue weighted by Gasteiger charge is -2.08. The predicted octanol–water partition coefficient (Wildman–Crippen LogP) is 8.56. The molecule has 0 aliphatic carbocycles. The van der Waals surface area contributed by atoms with E-state index in [9.17, 15) is 0 Å². The van der Waals surface area contributed by atoms with E-state index in [0.717, 1.165) is 67.5 Å². The molecule has 0 spiro atoms. The standard InChI is InChI=1S/C40H26N8/c1-5-13-29(14-6-1)35-37(31-17-9-3-10-18-31)45-47-25-33(41-39(47)43-35)27-21-23-28(24-22-27)34-26-48-40(42-34)44-36(30-15-7-2-8-16-30)38(46-48)32-19-11-4-12-20-32/h1-26H. The third-order valence-corrected chi connectivity index (χ3v) is 8.29. The summed E-state index contributed by atoms with van der Waals surface area (Å²) in [5.74, 6) is 1.07. The van der Waals surface area contributed by atoms with Gasteiger partial charge in [0.25, 0.3) is 11.6 Å². The maximum Gasteiger partial charge on any atom is 0.251 e. The summed E-state index contributed by atoms with van der Waals surface area (Å²) in [6.07, 6.45) is 3.85. The Labute approximate surface area is 275 Å². The second-order valence-corrected chi connectivity index (χ2v) is 11.4. The Kier molecular flexibility index (Phi) is 6.61. The van der Waals surface area contributed by atoms with Crippen molar-refractivity contribution in [1.82, 2.24) is 39.2 Å². The molecule has 0 unspecified atom stereocenters. The fraction of sp³-hybridized carbons (Fsp3) is 0. The number of hydrogen-bond donors (Lipinski definition) is 0. The Morgan fingerprint density at radius 1 is 0.292 bits per heavy atom. The molecule has 9 rings (SSSR count). The smallest absolute Gasteiger partial charge is 0.209 e. The van der Waals surface area contributed by atoms with Crippen LogP contribution in [0.3, 0.4) is 0 Å². The van der Waals surface area contributed by atoms with Crippen molar-refractivity contribution in [3.05, 3.63) is 158 Å². The molecule has 4 heterocycles. The Morgan fingerprint density at radius 3 is 0.938 bits per heavy atom. The van der Waals surface area contributed by atoms with Gasteiger partial charge < -0.3 is 0 Å². The molecule has 0 bridgehead atoms. The van der Waals surface area contributed by atoms with Gasteiger partial charge in [-0.3, -0.25) is 0 Å². The van der Waals surface area contributed by atoms with Crippen LogP contribution in [0.2, 0.25) is 0 Å². The predicted molar refractivity (Wildman–Crippen MR) is 188 cm³/mol. The van der Waals surface area contributed by atoms with Crippen LogP contribution in [0.15, 0.2) is 158 Å². The van der Waals surface area contributed by atoms with Crippen LogP contribution >= 0.6 is 0 Å². The molecule has 9 aromatic rings. The van der Waals surface area contributed by atoms with E-state index < -0.39 is 0 Å². The molecule has 226 valence electrons. The van der Waals surface area contributed by atoms with E-state index in [4.69, 9.17) is 30.1 Å². The maximum atomic E-state index is 4.98. The third-order valence-electron chi connectivity index (χ3n) is 8.29. The molecule has 5 aromatic carbocycles. The van der Waals surface area contributed by atoms with Gasteiger partial charge in [0.1, 0.15) is 22.8 Å². The van der Waals surface area contributed by atoms with Crippen molar-refractivity contribution in [2.24, 2.45) is 0 Å². The summed E-state index contributed by atoms with van der Waals surface area (Å²) in [5, 5.41) is 9.96. The van der Waals surface area contributed by atoms with E-state index >= 15 is 0 Å². The molecule has 0 aliphatic rings. The van der Waals surface area contributed by atoms with Crippen molar-refractivity contribution >= 4 is 11.6 Å². The Hall–Kier alpha value is -6.80. The zero-order valence-corrected chi connectivity index (χ0v) is 25.6. The minimum Gasteiger partial charge on any atom is -0.209 e. The highest BCUT2D eigenvalue weighted by molar-refractivity contribution is 5.80. The SMILES string of the molecule is c1ccc(-c2nc3nc(-c4ccc(-c5cn6nc(-c7ccccc7)c(-c7ccccc7)nc6n5)cc4)cn3nc2-c2ccccc2)cc1. The largest absolute Gasteiger partial charge is 0.251 e. The highest BCUT2D eigenvalue weighted by Crippen LogP contribution is 2.32. The highest BCUT2D eigenvalue weighted by Gasteiger charge is 2.18. The van der Waals surface area contributed by atoms with Crippen molar-refractivity contribution < 1.29 is 0 Å². The summed E-state index contributed by atoms with van der Waals surface area (Å²) in [6.45, 7) is 0. The highest BCUT2D eigenvalue weighted by atomic mass is 15.3. The molecule has 0 atom stereocenters. The molecule has 8 heteroatoms. The lowest BCUT2D eigenvalue weighted by Crippen LogP contribution is -2.00. The summed E-state index contributed by atoms with van der Waals surface area (Å²) >= 11 is 0. The number of hydrogen-bond acceptors (Lipinski definition) is 6. The van der Waals surface area contributed by atoms with Crippen LogP contribution in [-0.4, -0.2) is 39.2 Å². The summed E-state index contributed by atoms with van der Waals surface area (Å²) < 4.78 is 3.51. The summed E-state index contributed by atoms with van der Waals surface area (Å²) in [7, 11) is 0. The van der Waals surface area contributed by atoms with Crippen molar-refractivity contribution in [2.45, 2.75) is 0 Å². The van der Waals surface area contributed by atoms with E-state index in [1.807, 2.05) is 158 Å². The number of benzene rings is 5. The maximum absolute atomic E-state index is 4.98. The van der Waals surface area contributed by atoms with Crippen molar-refractivity contribution in [3.8, 4) is 67.5 Å². The first-order valence-corrected chi connectivity index (χ1v) is 15.6. The van der Waals surface area contributed by atoms with Crippen molar-refractivity contribution in [1.29, 1.82) is 0 Å². The number of aromatic nitrogens is 8. The molecule has 48 heavy (non-hydrogen) atoms. The van der Waals surface area contributed by atoms with E-state index in [2.05, 4.69) is 0 Å². The van der Waals surface area contributed by atoms with Gasteiger partial charge in [-0.15, -0.1) is 0 Å². The van der Waals surface area contributed by atoms with Crippen LogP contribution in [0.25, 0.3) is 79.1 Å². The van der Waals surface area contributed by atoms with Gasteiger partial charge in [0, 0.05) is 33.4 Å².